The van der Waals surface area contributed by atoms with Crippen molar-refractivity contribution in [3.05, 3.63) is 69.7 Å². The summed E-state index contributed by atoms with van der Waals surface area (Å²) < 4.78 is 0.814. The number of benzene rings is 2. The molecule has 0 unspecified atom stereocenters. The Morgan fingerprint density at radius 2 is 1.79 bits per heavy atom. The minimum absolute atomic E-state index is 0.121. The molecule has 0 aromatic heterocycles. The van der Waals surface area contributed by atoms with Crippen LogP contribution >= 0.6 is 15.9 Å². The minimum Gasteiger partial charge on any atom is -0.478 e. The third-order valence-electron chi connectivity index (χ3n) is 4.11. The number of nitrogens with zero attached hydrogens (tertiary/aromatic N) is 1. The smallest absolute Gasteiger partial charge is 0.335 e. The van der Waals surface area contributed by atoms with Gasteiger partial charge in [-0.15, -0.1) is 0 Å². The van der Waals surface area contributed by atoms with E-state index in [1.54, 1.807) is 18.2 Å². The number of carboxylic acid groups (broad SMARTS) is 1. The first-order valence-electron chi connectivity index (χ1n) is 7.89. The summed E-state index contributed by atoms with van der Waals surface area (Å²) in [4.78, 5) is 25.7. The molecule has 0 radical (unpaired) electrons. The number of amides is 1. The van der Waals surface area contributed by atoms with Gasteiger partial charge in [-0.25, -0.2) is 4.79 Å². The summed E-state index contributed by atoms with van der Waals surface area (Å²) in [5.41, 5.74) is 2.10. The monoisotopic (exact) mass is 387 g/mol. The van der Waals surface area contributed by atoms with Crippen molar-refractivity contribution in [2.45, 2.75) is 25.9 Å². The summed E-state index contributed by atoms with van der Waals surface area (Å²) in [6, 6.07) is 14.8. The van der Waals surface area contributed by atoms with Crippen LogP contribution in [0, 0.1) is 5.92 Å². The SMILES string of the molecule is O=C(O)c1ccc(Br)c(CN(Cc2ccccc2)C(=O)C2CC2)c1. The summed E-state index contributed by atoms with van der Waals surface area (Å²) in [6.07, 6.45) is 1.89. The summed E-state index contributed by atoms with van der Waals surface area (Å²) in [6.45, 7) is 0.922. The molecule has 0 saturated heterocycles. The van der Waals surface area contributed by atoms with E-state index in [9.17, 15) is 14.7 Å². The van der Waals surface area contributed by atoms with Gasteiger partial charge >= 0.3 is 5.97 Å². The van der Waals surface area contributed by atoms with Crippen LogP contribution in [0.3, 0.4) is 0 Å². The third kappa shape index (κ3) is 4.03. The molecule has 0 bridgehead atoms. The molecule has 1 amide bonds. The van der Waals surface area contributed by atoms with Gasteiger partial charge in [0.25, 0.3) is 0 Å². The Balaban J connectivity index is 1.85. The number of rotatable bonds is 6. The van der Waals surface area contributed by atoms with Crippen molar-refractivity contribution < 1.29 is 14.7 Å². The molecule has 2 aromatic rings. The second kappa shape index (κ2) is 7.18. The lowest BCUT2D eigenvalue weighted by Gasteiger charge is -2.24. The topological polar surface area (TPSA) is 57.6 Å². The van der Waals surface area contributed by atoms with Gasteiger partial charge in [0.2, 0.25) is 5.91 Å². The van der Waals surface area contributed by atoms with Crippen molar-refractivity contribution in [2.24, 2.45) is 5.92 Å². The van der Waals surface area contributed by atoms with Gasteiger partial charge in [0.15, 0.2) is 0 Å². The fourth-order valence-electron chi connectivity index (χ4n) is 2.64. The molecule has 5 heteroatoms. The number of carbonyl (C=O) groups excluding carboxylic acids is 1. The molecule has 0 atom stereocenters. The van der Waals surface area contributed by atoms with Crippen LogP contribution in [-0.4, -0.2) is 21.9 Å². The first kappa shape index (κ1) is 16.7. The highest BCUT2D eigenvalue weighted by Crippen LogP contribution is 2.32. The van der Waals surface area contributed by atoms with E-state index in [1.807, 2.05) is 35.2 Å². The maximum Gasteiger partial charge on any atom is 0.335 e. The van der Waals surface area contributed by atoms with Crippen LogP contribution in [0.25, 0.3) is 0 Å². The van der Waals surface area contributed by atoms with Crippen molar-refractivity contribution in [3.8, 4) is 0 Å². The van der Waals surface area contributed by atoms with Gasteiger partial charge in [-0.05, 0) is 42.2 Å². The highest BCUT2D eigenvalue weighted by atomic mass is 79.9. The van der Waals surface area contributed by atoms with E-state index in [4.69, 9.17) is 0 Å². The van der Waals surface area contributed by atoms with Crippen molar-refractivity contribution in [2.75, 3.05) is 0 Å². The van der Waals surface area contributed by atoms with Gasteiger partial charge in [-0.3, -0.25) is 4.79 Å². The fourth-order valence-corrected chi connectivity index (χ4v) is 3.01. The van der Waals surface area contributed by atoms with E-state index in [-0.39, 0.29) is 17.4 Å². The van der Waals surface area contributed by atoms with Gasteiger partial charge in [-0.2, -0.15) is 0 Å². The molecular formula is C19H18BrNO3. The largest absolute Gasteiger partial charge is 0.478 e. The molecule has 3 rings (SSSR count). The number of carboxylic acids is 1. The standard InChI is InChI=1S/C19H18BrNO3/c20-17-9-8-15(19(23)24)10-16(17)12-21(18(22)14-6-7-14)11-13-4-2-1-3-5-13/h1-5,8-10,14H,6-7,11-12H2,(H,23,24). The van der Waals surface area contributed by atoms with Crippen molar-refractivity contribution in [1.82, 2.24) is 4.90 Å². The van der Waals surface area contributed by atoms with Gasteiger partial charge < -0.3 is 10.0 Å². The summed E-state index contributed by atoms with van der Waals surface area (Å²) >= 11 is 3.46. The fraction of sp³-hybridized carbons (Fsp3) is 0.263. The lowest BCUT2D eigenvalue weighted by Crippen LogP contribution is -2.31. The van der Waals surface area contributed by atoms with E-state index in [1.165, 1.54) is 0 Å². The van der Waals surface area contributed by atoms with E-state index in [2.05, 4.69) is 15.9 Å². The van der Waals surface area contributed by atoms with Crippen molar-refractivity contribution in [1.29, 1.82) is 0 Å². The third-order valence-corrected chi connectivity index (χ3v) is 4.88. The molecule has 124 valence electrons. The summed E-state index contributed by atoms with van der Waals surface area (Å²) in [7, 11) is 0. The Labute approximate surface area is 149 Å². The van der Waals surface area contributed by atoms with Crippen molar-refractivity contribution in [3.63, 3.8) is 0 Å². The molecule has 0 heterocycles. The van der Waals surface area contributed by atoms with E-state index < -0.39 is 5.97 Å². The minimum atomic E-state index is -0.966. The van der Waals surface area contributed by atoms with Crippen LogP contribution in [0.4, 0.5) is 0 Å². The highest BCUT2D eigenvalue weighted by molar-refractivity contribution is 9.10. The van der Waals surface area contributed by atoms with Gasteiger partial charge in [0.05, 0.1) is 5.56 Å². The molecule has 0 spiro atoms. The van der Waals surface area contributed by atoms with Gasteiger partial charge in [0.1, 0.15) is 0 Å². The Hall–Kier alpha value is -2.14. The maximum absolute atomic E-state index is 12.6. The van der Waals surface area contributed by atoms with Gasteiger partial charge in [0, 0.05) is 23.5 Å². The number of hydrogen-bond acceptors (Lipinski definition) is 2. The Kier molecular flexibility index (Phi) is 5.00. The average molecular weight is 388 g/mol. The number of hydrogen-bond donors (Lipinski definition) is 1. The molecule has 1 fully saturated rings. The predicted octanol–water partition coefficient (Wildman–Crippen LogP) is 4.09. The summed E-state index contributed by atoms with van der Waals surface area (Å²) in [5.74, 6) is -0.700. The molecule has 1 aliphatic rings. The predicted molar refractivity (Wildman–Crippen MR) is 94.5 cm³/mol. The quantitative estimate of drug-likeness (QED) is 0.811. The van der Waals surface area contributed by atoms with E-state index in [0.29, 0.717) is 13.1 Å². The first-order valence-corrected chi connectivity index (χ1v) is 8.68. The van der Waals surface area contributed by atoms with Crippen LogP contribution in [0.2, 0.25) is 0 Å². The van der Waals surface area contributed by atoms with E-state index >= 15 is 0 Å². The molecule has 4 nitrogen and oxygen atoms in total. The zero-order valence-corrected chi connectivity index (χ0v) is 14.7. The van der Waals surface area contributed by atoms with Crippen LogP contribution in [0.1, 0.15) is 34.3 Å². The molecule has 0 aliphatic heterocycles. The van der Waals surface area contributed by atoms with Crippen LogP contribution < -0.4 is 0 Å². The molecule has 1 N–H and O–H groups in total. The molecule has 2 aromatic carbocycles. The lowest BCUT2D eigenvalue weighted by molar-refractivity contribution is -0.133. The van der Waals surface area contributed by atoms with Crippen LogP contribution in [0.15, 0.2) is 53.0 Å². The first-order chi connectivity index (χ1) is 11.5. The number of aromatic carboxylic acids is 1. The average Bonchev–Trinajstić information content (AvgIpc) is 3.41. The normalized spacial score (nSPS) is 13.5. The zero-order chi connectivity index (χ0) is 17.1. The highest BCUT2D eigenvalue weighted by Gasteiger charge is 2.33. The Bertz CT molecular complexity index is 756. The number of carbonyl (C=O) groups is 2. The second-order valence-electron chi connectivity index (χ2n) is 6.07. The molecular weight excluding hydrogens is 370 g/mol. The molecule has 1 aliphatic carbocycles. The zero-order valence-electron chi connectivity index (χ0n) is 13.1. The van der Waals surface area contributed by atoms with Crippen LogP contribution in [-0.2, 0) is 17.9 Å². The number of halogens is 1. The van der Waals surface area contributed by atoms with Crippen LogP contribution in [0.5, 0.6) is 0 Å². The Morgan fingerprint density at radius 3 is 2.42 bits per heavy atom. The molecule has 24 heavy (non-hydrogen) atoms. The summed E-state index contributed by atoms with van der Waals surface area (Å²) in [5, 5.41) is 9.18. The van der Waals surface area contributed by atoms with Crippen molar-refractivity contribution >= 4 is 27.8 Å². The molecule has 1 saturated carbocycles. The maximum atomic E-state index is 12.6. The Morgan fingerprint density at radius 1 is 1.08 bits per heavy atom. The second-order valence-corrected chi connectivity index (χ2v) is 6.92. The van der Waals surface area contributed by atoms with Gasteiger partial charge in [-0.1, -0.05) is 46.3 Å². The lowest BCUT2D eigenvalue weighted by atomic mass is 10.1. The van der Waals surface area contributed by atoms with E-state index in [0.717, 1.165) is 28.4 Å².